The molecular formula is C27H47N5O5. The number of hydrogen-bond acceptors (Lipinski definition) is 6. The van der Waals surface area contributed by atoms with Crippen LogP contribution in [0, 0.1) is 17.8 Å². The molecule has 0 saturated carbocycles. The molecule has 210 valence electrons. The molecule has 0 aromatic carbocycles. The molecule has 0 spiro atoms. The van der Waals surface area contributed by atoms with Gasteiger partial charge in [0.1, 0.15) is 6.29 Å². The lowest BCUT2D eigenvalue weighted by Crippen LogP contribution is -2.51. The van der Waals surface area contributed by atoms with Gasteiger partial charge >= 0.3 is 6.03 Å². The number of aldehydes is 1. The molecule has 1 rings (SSSR count). The first-order chi connectivity index (χ1) is 17.3. The van der Waals surface area contributed by atoms with Crippen LogP contribution < -0.4 is 21.3 Å². The molecule has 10 nitrogen and oxygen atoms in total. The van der Waals surface area contributed by atoms with E-state index in [1.807, 2.05) is 32.7 Å². The number of nitrogens with zero attached hydrogens (tertiary/aromatic N) is 1. The molecule has 0 bridgehead atoms. The molecule has 1 aliphatic rings. The number of rotatable bonds is 10. The summed E-state index contributed by atoms with van der Waals surface area (Å²) in [5.41, 5.74) is -0.242. The number of carbonyl (C=O) groups is 5. The topological polar surface area (TPSA) is 137 Å². The normalized spacial score (nSPS) is 16.1. The van der Waals surface area contributed by atoms with Crippen LogP contribution in [-0.2, 0) is 19.2 Å². The molecule has 4 amide bonds. The zero-order valence-corrected chi connectivity index (χ0v) is 23.6. The Balaban J connectivity index is 0. The minimum absolute atomic E-state index is 0.200. The van der Waals surface area contributed by atoms with Crippen molar-refractivity contribution in [3.8, 4) is 12.3 Å². The second-order valence-corrected chi connectivity index (χ2v) is 9.72. The lowest BCUT2D eigenvalue weighted by atomic mass is 9.88. The molecule has 0 aromatic rings. The Kier molecular flexibility index (Phi) is 19.4. The fourth-order valence-electron chi connectivity index (χ4n) is 3.08. The fourth-order valence-corrected chi connectivity index (χ4v) is 3.08. The van der Waals surface area contributed by atoms with E-state index >= 15 is 0 Å². The van der Waals surface area contributed by atoms with Crippen LogP contribution in [0.1, 0.15) is 66.7 Å². The smallest absolute Gasteiger partial charge is 0.315 e. The van der Waals surface area contributed by atoms with E-state index in [1.54, 1.807) is 0 Å². The van der Waals surface area contributed by atoms with E-state index < -0.39 is 23.8 Å². The summed E-state index contributed by atoms with van der Waals surface area (Å²) < 4.78 is 0. The van der Waals surface area contributed by atoms with E-state index in [4.69, 9.17) is 6.42 Å². The van der Waals surface area contributed by atoms with Crippen molar-refractivity contribution >= 4 is 29.9 Å². The maximum atomic E-state index is 12.3. The summed E-state index contributed by atoms with van der Waals surface area (Å²) >= 11 is 0. The average molecular weight is 522 g/mol. The molecule has 1 aliphatic heterocycles. The molecule has 1 saturated heterocycles. The van der Waals surface area contributed by atoms with Crippen molar-refractivity contribution in [1.82, 2.24) is 26.2 Å². The Hall–Kier alpha value is -3.19. The fraction of sp³-hybridized carbons (Fsp3) is 0.667. The third-order valence-corrected chi connectivity index (χ3v) is 5.25. The average Bonchev–Trinajstić information content (AvgIpc) is 3.28. The Bertz CT molecular complexity index is 785. The monoisotopic (exact) mass is 521 g/mol. The van der Waals surface area contributed by atoms with Gasteiger partial charge in [0.25, 0.3) is 5.91 Å². The Morgan fingerprint density at radius 3 is 2.19 bits per heavy atom. The molecule has 37 heavy (non-hydrogen) atoms. The van der Waals surface area contributed by atoms with Gasteiger partial charge in [0.15, 0.2) is 0 Å². The van der Waals surface area contributed by atoms with E-state index in [9.17, 15) is 24.0 Å². The first-order valence-electron chi connectivity index (χ1n) is 12.6. The van der Waals surface area contributed by atoms with Crippen molar-refractivity contribution in [1.29, 1.82) is 0 Å². The van der Waals surface area contributed by atoms with Gasteiger partial charge < -0.3 is 26.1 Å². The molecule has 1 fully saturated rings. The summed E-state index contributed by atoms with van der Waals surface area (Å²) in [6, 6.07) is -1.92. The highest BCUT2D eigenvalue weighted by molar-refractivity contribution is 6.38. The zero-order chi connectivity index (χ0) is 29.0. The van der Waals surface area contributed by atoms with Gasteiger partial charge in [-0.25, -0.2) is 4.79 Å². The molecule has 1 heterocycles. The lowest BCUT2D eigenvalue weighted by Gasteiger charge is -2.26. The van der Waals surface area contributed by atoms with Crippen molar-refractivity contribution in [3.63, 3.8) is 0 Å². The SMILES string of the molecule is C#CCCC(NC(=O)C1CCCN1C)C(=O)C(=O)NCC=C.CCC.CNC(=O)NC(C=O)C(C)(C)C. The third kappa shape index (κ3) is 15.5. The molecule has 0 radical (unpaired) electrons. The molecule has 3 unspecified atom stereocenters. The number of hydrogen-bond donors (Lipinski definition) is 4. The number of ketones is 1. The lowest BCUT2D eigenvalue weighted by molar-refractivity contribution is -0.140. The van der Waals surface area contributed by atoms with Crippen molar-refractivity contribution < 1.29 is 24.0 Å². The minimum atomic E-state index is -0.887. The van der Waals surface area contributed by atoms with Crippen LogP contribution >= 0.6 is 0 Å². The van der Waals surface area contributed by atoms with Gasteiger partial charge in [-0.3, -0.25) is 19.3 Å². The van der Waals surface area contributed by atoms with Crippen LogP contribution in [0.25, 0.3) is 0 Å². The highest BCUT2D eigenvalue weighted by Gasteiger charge is 2.32. The van der Waals surface area contributed by atoms with Crippen molar-refractivity contribution in [3.05, 3.63) is 12.7 Å². The quantitative estimate of drug-likeness (QED) is 0.150. The van der Waals surface area contributed by atoms with Crippen LogP contribution in [0.3, 0.4) is 0 Å². The second kappa shape index (κ2) is 19.9. The van der Waals surface area contributed by atoms with Crippen LogP contribution in [-0.4, -0.2) is 80.1 Å². The molecule has 0 aliphatic carbocycles. The van der Waals surface area contributed by atoms with E-state index in [0.717, 1.165) is 25.7 Å². The molecule has 0 aromatic heterocycles. The van der Waals surface area contributed by atoms with Gasteiger partial charge in [0, 0.05) is 20.0 Å². The van der Waals surface area contributed by atoms with Crippen LogP contribution in [0.2, 0.25) is 0 Å². The third-order valence-electron chi connectivity index (χ3n) is 5.25. The summed E-state index contributed by atoms with van der Waals surface area (Å²) in [5.74, 6) is 0.786. The van der Waals surface area contributed by atoms with Gasteiger partial charge in [-0.2, -0.15) is 0 Å². The number of likely N-dealkylation sites (tertiary alicyclic amines) is 1. The molecule has 4 N–H and O–H groups in total. The van der Waals surface area contributed by atoms with Crippen LogP contribution in [0.5, 0.6) is 0 Å². The van der Waals surface area contributed by atoms with Gasteiger partial charge in [-0.05, 0) is 38.3 Å². The van der Waals surface area contributed by atoms with Crippen molar-refractivity contribution in [2.75, 3.05) is 27.2 Å². The number of amides is 4. The largest absolute Gasteiger partial charge is 0.346 e. The van der Waals surface area contributed by atoms with Gasteiger partial charge in [-0.1, -0.05) is 47.1 Å². The predicted octanol–water partition coefficient (Wildman–Crippen LogP) is 1.80. The molecule has 10 heteroatoms. The van der Waals surface area contributed by atoms with Crippen LogP contribution in [0.15, 0.2) is 12.7 Å². The van der Waals surface area contributed by atoms with E-state index in [-0.39, 0.29) is 36.4 Å². The highest BCUT2D eigenvalue weighted by atomic mass is 16.2. The van der Waals surface area contributed by atoms with Gasteiger partial charge in [0.2, 0.25) is 11.7 Å². The maximum Gasteiger partial charge on any atom is 0.315 e. The number of terminal acetylenes is 1. The van der Waals surface area contributed by atoms with Crippen molar-refractivity contribution in [2.24, 2.45) is 5.41 Å². The number of likely N-dealkylation sites (N-methyl/N-ethyl adjacent to an activating group) is 1. The second-order valence-electron chi connectivity index (χ2n) is 9.72. The number of carbonyl (C=O) groups excluding carboxylic acids is 5. The number of Topliss-reactive ketones (excluding diaryl/α,β-unsaturated/α-hetero) is 1. The minimum Gasteiger partial charge on any atom is -0.346 e. The summed E-state index contributed by atoms with van der Waals surface area (Å²) in [6.45, 7) is 14.4. The summed E-state index contributed by atoms with van der Waals surface area (Å²) in [7, 11) is 3.38. The van der Waals surface area contributed by atoms with Crippen molar-refractivity contribution in [2.45, 2.75) is 84.8 Å². The highest BCUT2D eigenvalue weighted by Crippen LogP contribution is 2.17. The number of nitrogens with one attached hydrogen (secondary N) is 4. The Morgan fingerprint density at radius 1 is 1.19 bits per heavy atom. The van der Waals surface area contributed by atoms with Gasteiger partial charge in [0.05, 0.1) is 18.1 Å². The Labute approximate surface area is 222 Å². The molecular weight excluding hydrogens is 474 g/mol. The van der Waals surface area contributed by atoms with Gasteiger partial charge in [-0.15, -0.1) is 18.9 Å². The standard InChI is InChI=1S/C16H23N3O3.C8H16N2O2.C3H8/c1-4-6-8-12(14(20)16(22)17-10-5-2)18-15(21)13-9-7-11-19(13)3;1-8(2,3)6(5-11)10-7(12)9-4;1-3-2/h1,5,12-13H,2,6-11H2,3H3,(H,17,22)(H,18,21);5-6H,1-4H3,(H2,9,10,12);3H2,1-2H3. The number of urea groups is 1. The predicted molar refractivity (Wildman–Crippen MR) is 147 cm³/mol. The first kappa shape index (κ1) is 36.0. The summed E-state index contributed by atoms with van der Waals surface area (Å²) in [6.07, 6.45) is 10.9. The van der Waals surface area contributed by atoms with Crippen LogP contribution in [0.4, 0.5) is 4.79 Å². The zero-order valence-electron chi connectivity index (χ0n) is 23.6. The summed E-state index contributed by atoms with van der Waals surface area (Å²) in [5, 5.41) is 10.0. The summed E-state index contributed by atoms with van der Waals surface area (Å²) in [4.78, 5) is 59.5. The maximum absolute atomic E-state index is 12.3. The van der Waals surface area contributed by atoms with E-state index in [1.165, 1.54) is 19.5 Å². The Morgan fingerprint density at radius 2 is 1.78 bits per heavy atom. The van der Waals surface area contributed by atoms with E-state index in [2.05, 4.69) is 47.6 Å². The van der Waals surface area contributed by atoms with E-state index in [0.29, 0.717) is 6.42 Å². The molecule has 3 atom stereocenters. The first-order valence-corrected chi connectivity index (χ1v) is 12.6.